The van der Waals surface area contributed by atoms with Crippen LogP contribution in [0.15, 0.2) is 36.4 Å². The lowest BCUT2D eigenvalue weighted by molar-refractivity contribution is -0.286. The molecule has 232 valence electrons. The Kier molecular flexibility index (Phi) is 7.82. The van der Waals surface area contributed by atoms with Crippen LogP contribution in [0.3, 0.4) is 0 Å². The van der Waals surface area contributed by atoms with Crippen molar-refractivity contribution in [2.45, 2.75) is 55.2 Å². The van der Waals surface area contributed by atoms with Crippen molar-refractivity contribution < 1.29 is 46.8 Å². The van der Waals surface area contributed by atoms with Gasteiger partial charge in [0.1, 0.15) is 11.5 Å². The Balaban J connectivity index is 0.000000491. The summed E-state index contributed by atoms with van der Waals surface area (Å²) < 4.78 is 57.5. The van der Waals surface area contributed by atoms with E-state index in [2.05, 4.69) is 20.1 Å². The fourth-order valence-corrected chi connectivity index (χ4v) is 5.43. The summed E-state index contributed by atoms with van der Waals surface area (Å²) in [7, 11) is 5.21. The summed E-state index contributed by atoms with van der Waals surface area (Å²) in [6, 6.07) is 9.85. The van der Waals surface area contributed by atoms with Gasteiger partial charge in [-0.05, 0) is 49.7 Å². The number of nitrogens with zero attached hydrogens (tertiary/aromatic N) is 1. The molecule has 2 aromatic rings. The van der Waals surface area contributed by atoms with Crippen LogP contribution in [-0.2, 0) is 24.5 Å². The summed E-state index contributed by atoms with van der Waals surface area (Å²) in [4.78, 5) is 28.5. The summed E-state index contributed by atoms with van der Waals surface area (Å²) in [5, 5.41) is 6.18. The average molecular weight is 604 g/mol. The molecule has 13 heteroatoms. The first-order valence-electron chi connectivity index (χ1n) is 14.3. The summed E-state index contributed by atoms with van der Waals surface area (Å²) in [5.41, 5.74) is 0.430. The fraction of sp³-hybridized carbons (Fsp3) is 0.533. The minimum Gasteiger partial charge on any atom is -0.497 e. The Morgan fingerprint density at radius 3 is 2.28 bits per heavy atom. The Morgan fingerprint density at radius 1 is 0.977 bits per heavy atom. The largest absolute Gasteiger partial charge is 0.586 e. The number of nitrogens with one attached hydrogen (secondary N) is 2. The molecule has 2 unspecified atom stereocenters. The maximum atomic E-state index is 13.6. The second kappa shape index (κ2) is 11.4. The SMILES string of the molecule is CNC1COC1.COc1ccc2c(c1)OC(C(=O)N(C)C1COC1)CC2NC(=O)C1(c2ccc3c(c2)OC(F)(F)O3)CC1. The molecule has 2 amide bonds. The van der Waals surface area contributed by atoms with Gasteiger partial charge in [0.25, 0.3) is 5.91 Å². The molecule has 43 heavy (non-hydrogen) atoms. The second-order valence-corrected chi connectivity index (χ2v) is 11.3. The number of carbonyl (C=O) groups excluding carboxylic acids is 2. The Morgan fingerprint density at radius 2 is 1.70 bits per heavy atom. The number of carbonyl (C=O) groups is 2. The first-order chi connectivity index (χ1) is 20.6. The zero-order valence-corrected chi connectivity index (χ0v) is 24.2. The van der Waals surface area contributed by atoms with Crippen LogP contribution < -0.4 is 29.6 Å². The standard InChI is InChI=1S/C26H26F2N2O7.C4H9NO/c1-30(15-12-34-13-15)23(31)22-11-18(17-5-4-16(33-2)10-20(17)35-22)29-24(32)25(7-8-25)14-3-6-19-21(9-14)37-26(27,28)36-19;1-5-4-2-6-3-4/h3-6,9-10,15,18,22H,7-8,11-13H2,1-2H3,(H,29,32);4-5H,2-3H2,1H3. The smallest absolute Gasteiger partial charge is 0.497 e. The van der Waals surface area contributed by atoms with E-state index in [0.29, 0.717) is 49.2 Å². The van der Waals surface area contributed by atoms with Crippen LogP contribution in [0.2, 0.25) is 0 Å². The maximum Gasteiger partial charge on any atom is 0.586 e. The van der Waals surface area contributed by atoms with E-state index >= 15 is 0 Å². The van der Waals surface area contributed by atoms with Gasteiger partial charge in [-0.2, -0.15) is 0 Å². The molecule has 1 aliphatic carbocycles. The number of rotatable bonds is 7. The van der Waals surface area contributed by atoms with Crippen LogP contribution in [0, 0.1) is 0 Å². The summed E-state index contributed by atoms with van der Waals surface area (Å²) >= 11 is 0. The van der Waals surface area contributed by atoms with Crippen molar-refractivity contribution in [3.8, 4) is 23.0 Å². The molecule has 11 nitrogen and oxygen atoms in total. The van der Waals surface area contributed by atoms with Crippen molar-refractivity contribution in [3.63, 3.8) is 0 Å². The van der Waals surface area contributed by atoms with E-state index in [1.807, 2.05) is 13.1 Å². The lowest BCUT2D eigenvalue weighted by Gasteiger charge is -2.39. The van der Waals surface area contributed by atoms with Crippen LogP contribution >= 0.6 is 0 Å². The molecule has 0 radical (unpaired) electrons. The van der Waals surface area contributed by atoms with E-state index in [-0.39, 0.29) is 35.8 Å². The lowest BCUT2D eigenvalue weighted by atomic mass is 9.91. The lowest BCUT2D eigenvalue weighted by Crippen LogP contribution is -2.54. The molecule has 7 rings (SSSR count). The van der Waals surface area contributed by atoms with Crippen LogP contribution in [0.5, 0.6) is 23.0 Å². The second-order valence-electron chi connectivity index (χ2n) is 11.3. The van der Waals surface area contributed by atoms with E-state index in [4.69, 9.17) is 18.9 Å². The van der Waals surface area contributed by atoms with Crippen molar-refractivity contribution in [1.29, 1.82) is 0 Å². The molecule has 2 N–H and O–H groups in total. The topological polar surface area (TPSA) is 117 Å². The molecule has 1 saturated carbocycles. The molecule has 0 spiro atoms. The van der Waals surface area contributed by atoms with Crippen molar-refractivity contribution in [2.75, 3.05) is 47.6 Å². The highest BCUT2D eigenvalue weighted by atomic mass is 19.3. The Bertz CT molecular complexity index is 1380. The molecule has 3 fully saturated rings. The van der Waals surface area contributed by atoms with Gasteiger partial charge in [-0.15, -0.1) is 8.78 Å². The number of benzene rings is 2. The molecule has 0 bridgehead atoms. The van der Waals surface area contributed by atoms with E-state index in [1.54, 1.807) is 30.1 Å². The Labute approximate surface area is 247 Å². The van der Waals surface area contributed by atoms with Gasteiger partial charge in [-0.3, -0.25) is 9.59 Å². The number of methoxy groups -OCH3 is 1. The van der Waals surface area contributed by atoms with Crippen molar-refractivity contribution in [3.05, 3.63) is 47.5 Å². The van der Waals surface area contributed by atoms with Gasteiger partial charge in [-0.25, -0.2) is 0 Å². The molecule has 5 aliphatic rings. The molecule has 0 aromatic heterocycles. The first-order valence-corrected chi connectivity index (χ1v) is 14.3. The van der Waals surface area contributed by atoms with Crippen LogP contribution in [0.1, 0.15) is 36.4 Å². The van der Waals surface area contributed by atoms with Crippen LogP contribution in [-0.4, -0.2) is 88.8 Å². The van der Waals surface area contributed by atoms with Gasteiger partial charge in [-0.1, -0.05) is 6.07 Å². The van der Waals surface area contributed by atoms with Crippen molar-refractivity contribution >= 4 is 11.8 Å². The number of hydrogen-bond donors (Lipinski definition) is 2. The Hall–Kier alpha value is -3.68. The number of ether oxygens (including phenoxy) is 6. The summed E-state index contributed by atoms with van der Waals surface area (Å²) in [6.07, 6.45) is -3.18. The van der Waals surface area contributed by atoms with Crippen molar-refractivity contribution in [1.82, 2.24) is 15.5 Å². The van der Waals surface area contributed by atoms with E-state index in [1.165, 1.54) is 19.2 Å². The highest BCUT2D eigenvalue weighted by Gasteiger charge is 2.53. The van der Waals surface area contributed by atoms with Crippen LogP contribution in [0.4, 0.5) is 8.78 Å². The highest BCUT2D eigenvalue weighted by molar-refractivity contribution is 5.92. The molecule has 4 aliphatic heterocycles. The van der Waals surface area contributed by atoms with Crippen molar-refractivity contribution in [2.24, 2.45) is 0 Å². The third-order valence-corrected chi connectivity index (χ3v) is 8.60. The van der Waals surface area contributed by atoms with Gasteiger partial charge in [0.15, 0.2) is 17.6 Å². The van der Waals surface area contributed by atoms with E-state index in [9.17, 15) is 18.4 Å². The van der Waals surface area contributed by atoms with Gasteiger partial charge < -0.3 is 44.0 Å². The van der Waals surface area contributed by atoms with E-state index in [0.717, 1.165) is 18.8 Å². The number of alkyl halides is 2. The zero-order valence-electron chi connectivity index (χ0n) is 24.2. The van der Waals surface area contributed by atoms with Gasteiger partial charge in [0, 0.05) is 25.1 Å². The monoisotopic (exact) mass is 603 g/mol. The molecular weight excluding hydrogens is 568 g/mol. The predicted octanol–water partition coefficient (Wildman–Crippen LogP) is 2.52. The average Bonchev–Trinajstić information content (AvgIpc) is 3.68. The molecule has 2 saturated heterocycles. The molecule has 4 heterocycles. The molecule has 2 aromatic carbocycles. The van der Waals surface area contributed by atoms with E-state index < -0.39 is 23.9 Å². The number of amides is 2. The third-order valence-electron chi connectivity index (χ3n) is 8.60. The van der Waals surface area contributed by atoms with Gasteiger partial charge in [0.2, 0.25) is 5.91 Å². The van der Waals surface area contributed by atoms with Gasteiger partial charge >= 0.3 is 6.29 Å². The number of likely N-dealkylation sites (N-methyl/N-ethyl adjacent to an activating group) is 2. The number of fused-ring (bicyclic) bond motifs is 2. The molecular formula is C30H35F2N3O8. The summed E-state index contributed by atoms with van der Waals surface area (Å²) in [5.74, 6) is 0.409. The third kappa shape index (κ3) is 5.80. The maximum absolute atomic E-state index is 13.6. The first kappa shape index (κ1) is 29.4. The van der Waals surface area contributed by atoms with Gasteiger partial charge in [0.05, 0.1) is 57.1 Å². The van der Waals surface area contributed by atoms with Crippen LogP contribution in [0.25, 0.3) is 0 Å². The number of halogens is 2. The number of hydrogen-bond acceptors (Lipinski definition) is 9. The quantitative estimate of drug-likeness (QED) is 0.493. The fourth-order valence-electron chi connectivity index (χ4n) is 5.43. The highest BCUT2D eigenvalue weighted by Crippen LogP contribution is 2.52. The predicted molar refractivity (Wildman–Crippen MR) is 148 cm³/mol. The minimum absolute atomic E-state index is 0.0102. The summed E-state index contributed by atoms with van der Waals surface area (Å²) in [6.45, 7) is 2.75. The zero-order chi connectivity index (χ0) is 30.4. The normalized spacial score (nSPS) is 24.1. The molecule has 2 atom stereocenters. The minimum atomic E-state index is -3.73.